The zero-order valence-corrected chi connectivity index (χ0v) is 12.6. The van der Waals surface area contributed by atoms with Gasteiger partial charge in [0.1, 0.15) is 12.2 Å². The Morgan fingerprint density at radius 1 is 1.20 bits per heavy atom. The highest BCUT2D eigenvalue weighted by molar-refractivity contribution is 5.18. The maximum atomic E-state index is 4.39. The van der Waals surface area contributed by atoms with Crippen molar-refractivity contribution < 1.29 is 0 Å². The van der Waals surface area contributed by atoms with E-state index in [-0.39, 0.29) is 0 Å². The Kier molecular flexibility index (Phi) is 5.30. The molecule has 1 heterocycles. The van der Waals surface area contributed by atoms with Crippen molar-refractivity contribution in [1.29, 1.82) is 0 Å². The summed E-state index contributed by atoms with van der Waals surface area (Å²) in [4.78, 5) is 4.39. The molecule has 1 atom stereocenters. The fourth-order valence-electron chi connectivity index (χ4n) is 2.42. The standard InChI is InChI=1S/C16H24N4/c1-13(2)11-20-16(18-12-19-20)10-9-15(17-3)14-7-5-4-6-8-14/h4-8,12-13,15,17H,9-11H2,1-3H3. The lowest BCUT2D eigenvalue weighted by Gasteiger charge is -2.16. The third-order valence-electron chi connectivity index (χ3n) is 3.44. The number of aryl methyl sites for hydroxylation is 1. The smallest absolute Gasteiger partial charge is 0.138 e. The summed E-state index contributed by atoms with van der Waals surface area (Å²) < 4.78 is 2.03. The average molecular weight is 272 g/mol. The predicted octanol–water partition coefficient (Wildman–Crippen LogP) is 2.83. The second-order valence-corrected chi connectivity index (χ2v) is 5.54. The van der Waals surface area contributed by atoms with E-state index in [4.69, 9.17) is 0 Å². The minimum absolute atomic E-state index is 0.361. The van der Waals surface area contributed by atoms with Gasteiger partial charge in [-0.1, -0.05) is 44.2 Å². The van der Waals surface area contributed by atoms with Gasteiger partial charge in [-0.3, -0.25) is 0 Å². The summed E-state index contributed by atoms with van der Waals surface area (Å²) in [5, 5.41) is 7.70. The van der Waals surface area contributed by atoms with Gasteiger partial charge in [0.15, 0.2) is 0 Å². The minimum atomic E-state index is 0.361. The van der Waals surface area contributed by atoms with Crippen molar-refractivity contribution in [3.8, 4) is 0 Å². The Hall–Kier alpha value is -1.68. The van der Waals surface area contributed by atoms with Crippen molar-refractivity contribution in [2.45, 2.75) is 39.3 Å². The molecule has 0 aliphatic carbocycles. The molecule has 0 saturated carbocycles. The lowest BCUT2D eigenvalue weighted by Crippen LogP contribution is -2.18. The molecule has 20 heavy (non-hydrogen) atoms. The quantitative estimate of drug-likeness (QED) is 0.843. The zero-order valence-electron chi connectivity index (χ0n) is 12.6. The molecule has 1 N–H and O–H groups in total. The van der Waals surface area contributed by atoms with Crippen LogP contribution in [0.3, 0.4) is 0 Å². The molecule has 1 aromatic heterocycles. The van der Waals surface area contributed by atoms with Crippen molar-refractivity contribution in [3.05, 3.63) is 48.0 Å². The first kappa shape index (κ1) is 14.7. The maximum absolute atomic E-state index is 4.39. The van der Waals surface area contributed by atoms with Crippen LogP contribution in [0.2, 0.25) is 0 Å². The monoisotopic (exact) mass is 272 g/mol. The van der Waals surface area contributed by atoms with Gasteiger partial charge in [0.2, 0.25) is 0 Å². The van der Waals surface area contributed by atoms with Gasteiger partial charge in [0, 0.05) is 19.0 Å². The molecule has 0 aliphatic rings. The summed E-state index contributed by atoms with van der Waals surface area (Å²) >= 11 is 0. The van der Waals surface area contributed by atoms with E-state index in [1.165, 1.54) is 5.56 Å². The maximum Gasteiger partial charge on any atom is 0.138 e. The van der Waals surface area contributed by atoms with E-state index >= 15 is 0 Å². The molecule has 4 heteroatoms. The van der Waals surface area contributed by atoms with Crippen LogP contribution in [0.4, 0.5) is 0 Å². The van der Waals surface area contributed by atoms with E-state index in [1.54, 1.807) is 6.33 Å². The van der Waals surface area contributed by atoms with Gasteiger partial charge in [-0.15, -0.1) is 0 Å². The Bertz CT molecular complexity index is 504. The predicted molar refractivity (Wildman–Crippen MR) is 81.4 cm³/mol. The number of nitrogens with one attached hydrogen (secondary N) is 1. The number of aromatic nitrogens is 3. The molecule has 0 radical (unpaired) electrons. The molecule has 0 fully saturated rings. The highest BCUT2D eigenvalue weighted by Gasteiger charge is 2.12. The zero-order chi connectivity index (χ0) is 14.4. The molecular weight excluding hydrogens is 248 g/mol. The number of hydrogen-bond donors (Lipinski definition) is 1. The lowest BCUT2D eigenvalue weighted by atomic mass is 10.0. The van der Waals surface area contributed by atoms with Crippen molar-refractivity contribution >= 4 is 0 Å². The van der Waals surface area contributed by atoms with Gasteiger partial charge in [0.25, 0.3) is 0 Å². The fourth-order valence-corrected chi connectivity index (χ4v) is 2.42. The van der Waals surface area contributed by atoms with Crippen LogP contribution in [-0.4, -0.2) is 21.8 Å². The second-order valence-electron chi connectivity index (χ2n) is 5.54. The van der Waals surface area contributed by atoms with Crippen LogP contribution >= 0.6 is 0 Å². The summed E-state index contributed by atoms with van der Waals surface area (Å²) in [6, 6.07) is 10.9. The van der Waals surface area contributed by atoms with Crippen LogP contribution in [0.5, 0.6) is 0 Å². The average Bonchev–Trinajstić information content (AvgIpc) is 2.87. The van der Waals surface area contributed by atoms with Crippen LogP contribution in [0.15, 0.2) is 36.7 Å². The normalized spacial score (nSPS) is 12.8. The van der Waals surface area contributed by atoms with Gasteiger partial charge in [-0.25, -0.2) is 9.67 Å². The van der Waals surface area contributed by atoms with Crippen LogP contribution in [-0.2, 0) is 13.0 Å². The van der Waals surface area contributed by atoms with Gasteiger partial charge in [-0.05, 0) is 24.9 Å². The molecule has 0 bridgehead atoms. The van der Waals surface area contributed by atoms with E-state index < -0.39 is 0 Å². The van der Waals surface area contributed by atoms with Crippen molar-refractivity contribution in [2.24, 2.45) is 5.92 Å². The summed E-state index contributed by atoms with van der Waals surface area (Å²) in [6.07, 6.45) is 3.62. The van der Waals surface area contributed by atoms with E-state index in [9.17, 15) is 0 Å². The highest BCUT2D eigenvalue weighted by Crippen LogP contribution is 2.18. The van der Waals surface area contributed by atoms with Crippen LogP contribution in [0, 0.1) is 5.92 Å². The van der Waals surface area contributed by atoms with Crippen LogP contribution in [0.25, 0.3) is 0 Å². The number of nitrogens with zero attached hydrogens (tertiary/aromatic N) is 3. The van der Waals surface area contributed by atoms with Crippen molar-refractivity contribution in [1.82, 2.24) is 20.1 Å². The van der Waals surface area contributed by atoms with E-state index in [0.29, 0.717) is 12.0 Å². The Morgan fingerprint density at radius 3 is 2.60 bits per heavy atom. The molecular formula is C16H24N4. The summed E-state index contributed by atoms with van der Waals surface area (Å²) in [5.41, 5.74) is 1.32. The molecule has 108 valence electrons. The Labute approximate surface area is 121 Å². The molecule has 2 rings (SSSR count). The molecule has 0 spiro atoms. The molecule has 0 amide bonds. The highest BCUT2D eigenvalue weighted by atomic mass is 15.3. The summed E-state index contributed by atoms with van der Waals surface area (Å²) in [7, 11) is 2.01. The third-order valence-corrected chi connectivity index (χ3v) is 3.44. The molecule has 1 aromatic carbocycles. The lowest BCUT2D eigenvalue weighted by molar-refractivity contribution is 0.454. The first-order chi connectivity index (χ1) is 9.70. The van der Waals surface area contributed by atoms with Gasteiger partial charge in [0.05, 0.1) is 0 Å². The summed E-state index contributed by atoms with van der Waals surface area (Å²) in [6.45, 7) is 5.34. The second kappa shape index (κ2) is 7.20. The number of benzene rings is 1. The van der Waals surface area contributed by atoms with Gasteiger partial charge in [-0.2, -0.15) is 5.10 Å². The van der Waals surface area contributed by atoms with E-state index in [1.807, 2.05) is 11.7 Å². The SMILES string of the molecule is CNC(CCc1ncnn1CC(C)C)c1ccccc1. The first-order valence-electron chi connectivity index (χ1n) is 7.29. The van der Waals surface area contributed by atoms with E-state index in [0.717, 1.165) is 25.2 Å². The number of hydrogen-bond acceptors (Lipinski definition) is 3. The third kappa shape index (κ3) is 3.90. The largest absolute Gasteiger partial charge is 0.313 e. The molecule has 4 nitrogen and oxygen atoms in total. The molecule has 0 aliphatic heterocycles. The Morgan fingerprint density at radius 2 is 1.95 bits per heavy atom. The number of rotatable bonds is 7. The molecule has 1 unspecified atom stereocenters. The van der Waals surface area contributed by atoms with E-state index in [2.05, 4.69) is 59.6 Å². The van der Waals surface area contributed by atoms with Gasteiger partial charge < -0.3 is 5.32 Å². The fraction of sp³-hybridized carbons (Fsp3) is 0.500. The van der Waals surface area contributed by atoms with Crippen LogP contribution in [0.1, 0.15) is 37.7 Å². The van der Waals surface area contributed by atoms with Gasteiger partial charge >= 0.3 is 0 Å². The molecule has 0 saturated heterocycles. The van der Waals surface area contributed by atoms with Crippen molar-refractivity contribution in [2.75, 3.05) is 7.05 Å². The molecule has 2 aromatic rings. The first-order valence-corrected chi connectivity index (χ1v) is 7.29. The topological polar surface area (TPSA) is 42.7 Å². The van der Waals surface area contributed by atoms with Crippen LogP contribution < -0.4 is 5.32 Å². The van der Waals surface area contributed by atoms with Crippen molar-refractivity contribution in [3.63, 3.8) is 0 Å². The minimum Gasteiger partial charge on any atom is -0.313 e. The Balaban J connectivity index is 1.99. The summed E-state index contributed by atoms with van der Waals surface area (Å²) in [5.74, 6) is 1.67.